The molecule has 1 aliphatic heterocycles. The van der Waals surface area contributed by atoms with Crippen molar-refractivity contribution >= 4 is 10.0 Å². The van der Waals surface area contributed by atoms with E-state index in [0.717, 1.165) is 5.56 Å². The van der Waals surface area contributed by atoms with Crippen LogP contribution in [-0.4, -0.2) is 50.9 Å². The Morgan fingerprint density at radius 1 is 1.00 bits per heavy atom. The molecule has 0 radical (unpaired) electrons. The van der Waals surface area contributed by atoms with E-state index >= 15 is 0 Å². The zero-order valence-corrected chi connectivity index (χ0v) is 16.1. The summed E-state index contributed by atoms with van der Waals surface area (Å²) >= 11 is 0. The number of hydrogen-bond acceptors (Lipinski definition) is 4. The van der Waals surface area contributed by atoms with Gasteiger partial charge in [-0.1, -0.05) is 6.07 Å². The van der Waals surface area contributed by atoms with Gasteiger partial charge in [-0.05, 0) is 48.4 Å². The lowest BCUT2D eigenvalue weighted by Gasteiger charge is -2.34. The summed E-state index contributed by atoms with van der Waals surface area (Å²) in [6.07, 6.45) is 0. The van der Waals surface area contributed by atoms with Crippen LogP contribution in [0, 0.1) is 18.6 Å². The molecule has 1 heterocycles. The molecule has 0 amide bonds. The number of sulfonamides is 1. The highest BCUT2D eigenvalue weighted by atomic mass is 32.2. The molecule has 2 aromatic rings. The van der Waals surface area contributed by atoms with Crippen molar-refractivity contribution in [3.63, 3.8) is 0 Å². The van der Waals surface area contributed by atoms with Crippen molar-refractivity contribution in [3.05, 3.63) is 59.2 Å². The van der Waals surface area contributed by atoms with Crippen LogP contribution in [0.2, 0.25) is 0 Å². The standard InChI is InChI=1S/C19H22F2N2O3S/c1-14-11-16(4-5-17(14)20)27(24,25)23-9-7-22(8-10-23)13-15-3-6-19(26-2)18(21)12-15/h3-6,11-12H,7-10,13H2,1-2H3. The van der Waals surface area contributed by atoms with Gasteiger partial charge >= 0.3 is 0 Å². The minimum atomic E-state index is -3.65. The van der Waals surface area contributed by atoms with E-state index in [2.05, 4.69) is 4.90 Å². The molecule has 3 rings (SSSR count). The predicted molar refractivity (Wildman–Crippen MR) is 98.1 cm³/mol. The fourth-order valence-corrected chi connectivity index (χ4v) is 4.63. The number of aryl methyl sites for hydroxylation is 1. The number of methoxy groups -OCH3 is 1. The molecule has 0 aliphatic carbocycles. The fraction of sp³-hybridized carbons (Fsp3) is 0.368. The molecule has 5 nitrogen and oxygen atoms in total. The van der Waals surface area contributed by atoms with E-state index < -0.39 is 21.7 Å². The Balaban J connectivity index is 1.64. The molecule has 0 saturated carbocycles. The van der Waals surface area contributed by atoms with E-state index in [1.165, 1.54) is 35.7 Å². The van der Waals surface area contributed by atoms with Gasteiger partial charge in [0.05, 0.1) is 12.0 Å². The maximum atomic E-state index is 13.8. The van der Waals surface area contributed by atoms with Gasteiger partial charge in [0.1, 0.15) is 5.82 Å². The summed E-state index contributed by atoms with van der Waals surface area (Å²) < 4.78 is 59.1. The largest absolute Gasteiger partial charge is 0.494 e. The Morgan fingerprint density at radius 2 is 1.70 bits per heavy atom. The molecule has 0 aromatic heterocycles. The summed E-state index contributed by atoms with van der Waals surface area (Å²) in [6.45, 7) is 3.81. The van der Waals surface area contributed by atoms with E-state index in [1.807, 2.05) is 0 Å². The number of halogens is 2. The predicted octanol–water partition coefficient (Wildman–Crippen LogP) is 2.79. The van der Waals surface area contributed by atoms with Gasteiger partial charge in [0.15, 0.2) is 11.6 Å². The average Bonchev–Trinajstić information content (AvgIpc) is 2.64. The lowest BCUT2D eigenvalue weighted by molar-refractivity contribution is 0.181. The van der Waals surface area contributed by atoms with Crippen LogP contribution >= 0.6 is 0 Å². The summed E-state index contributed by atoms with van der Waals surface area (Å²) in [6, 6.07) is 8.65. The van der Waals surface area contributed by atoms with E-state index in [0.29, 0.717) is 38.3 Å². The van der Waals surface area contributed by atoms with E-state index in [1.54, 1.807) is 19.1 Å². The molecule has 1 aliphatic rings. The first kappa shape index (κ1) is 19.7. The molecule has 0 atom stereocenters. The zero-order chi connectivity index (χ0) is 19.6. The number of hydrogen-bond donors (Lipinski definition) is 0. The molecule has 0 N–H and O–H groups in total. The number of nitrogens with zero attached hydrogens (tertiary/aromatic N) is 2. The summed E-state index contributed by atoms with van der Waals surface area (Å²) in [5.74, 6) is -0.641. The molecule has 8 heteroatoms. The minimum Gasteiger partial charge on any atom is -0.494 e. The zero-order valence-electron chi connectivity index (χ0n) is 15.3. The van der Waals surface area contributed by atoms with Crippen LogP contribution in [0.5, 0.6) is 5.75 Å². The highest BCUT2D eigenvalue weighted by molar-refractivity contribution is 7.89. The van der Waals surface area contributed by atoms with E-state index in [9.17, 15) is 17.2 Å². The SMILES string of the molecule is COc1ccc(CN2CCN(S(=O)(=O)c3ccc(F)c(C)c3)CC2)cc1F. The fourth-order valence-electron chi connectivity index (χ4n) is 3.12. The first-order valence-corrected chi connectivity index (χ1v) is 10.1. The normalized spacial score (nSPS) is 16.4. The van der Waals surface area contributed by atoms with E-state index in [-0.39, 0.29) is 10.6 Å². The van der Waals surface area contributed by atoms with Crippen LogP contribution in [0.4, 0.5) is 8.78 Å². The third-order valence-corrected chi connectivity index (χ3v) is 6.62. The highest BCUT2D eigenvalue weighted by Crippen LogP contribution is 2.22. The van der Waals surface area contributed by atoms with E-state index in [4.69, 9.17) is 4.74 Å². The summed E-state index contributed by atoms with van der Waals surface area (Å²) in [7, 11) is -2.23. The molecule has 1 fully saturated rings. The summed E-state index contributed by atoms with van der Waals surface area (Å²) in [5, 5.41) is 0. The summed E-state index contributed by atoms with van der Waals surface area (Å²) in [4.78, 5) is 2.18. The molecule has 0 spiro atoms. The third-order valence-electron chi connectivity index (χ3n) is 4.72. The first-order valence-electron chi connectivity index (χ1n) is 8.62. The van der Waals surface area contributed by atoms with Crippen LogP contribution < -0.4 is 4.74 Å². The number of rotatable bonds is 5. The van der Waals surface area contributed by atoms with Crippen LogP contribution in [0.25, 0.3) is 0 Å². The van der Waals surface area contributed by atoms with Crippen molar-refractivity contribution in [1.29, 1.82) is 0 Å². The second-order valence-corrected chi connectivity index (χ2v) is 8.50. The van der Waals surface area contributed by atoms with Gasteiger partial charge < -0.3 is 4.74 Å². The van der Waals surface area contributed by atoms with Crippen LogP contribution in [0.1, 0.15) is 11.1 Å². The Bertz CT molecular complexity index is 927. The average molecular weight is 396 g/mol. The maximum absolute atomic E-state index is 13.8. The van der Waals surface area contributed by atoms with Crippen molar-refractivity contribution in [3.8, 4) is 5.75 Å². The van der Waals surface area contributed by atoms with Gasteiger partial charge in [0, 0.05) is 32.7 Å². The van der Waals surface area contributed by atoms with Crippen molar-refractivity contribution in [2.24, 2.45) is 0 Å². The molecule has 1 saturated heterocycles. The molecule has 0 unspecified atom stereocenters. The lowest BCUT2D eigenvalue weighted by Crippen LogP contribution is -2.48. The van der Waals surface area contributed by atoms with Gasteiger partial charge in [-0.15, -0.1) is 0 Å². The number of piperazine rings is 1. The van der Waals surface area contributed by atoms with Crippen LogP contribution in [0.15, 0.2) is 41.3 Å². The second kappa shape index (κ2) is 7.92. The quantitative estimate of drug-likeness (QED) is 0.780. The summed E-state index contributed by atoms with van der Waals surface area (Å²) in [5.41, 5.74) is 1.11. The highest BCUT2D eigenvalue weighted by Gasteiger charge is 2.28. The Hall–Kier alpha value is -2.03. The molecule has 2 aromatic carbocycles. The number of ether oxygens (including phenoxy) is 1. The Kier molecular flexibility index (Phi) is 5.78. The molecule has 27 heavy (non-hydrogen) atoms. The molecular weight excluding hydrogens is 374 g/mol. The Morgan fingerprint density at radius 3 is 2.30 bits per heavy atom. The minimum absolute atomic E-state index is 0.104. The monoisotopic (exact) mass is 396 g/mol. The van der Waals surface area contributed by atoms with Gasteiger partial charge in [0.25, 0.3) is 0 Å². The third kappa shape index (κ3) is 4.28. The smallest absolute Gasteiger partial charge is 0.243 e. The first-order chi connectivity index (χ1) is 12.8. The second-order valence-electron chi connectivity index (χ2n) is 6.56. The van der Waals surface area contributed by atoms with Crippen molar-refractivity contribution in [1.82, 2.24) is 9.21 Å². The van der Waals surface area contributed by atoms with Crippen LogP contribution in [0.3, 0.4) is 0 Å². The van der Waals surface area contributed by atoms with Crippen molar-refractivity contribution < 1.29 is 21.9 Å². The van der Waals surface area contributed by atoms with Gasteiger partial charge in [-0.3, -0.25) is 4.90 Å². The Labute approximate surface area is 158 Å². The lowest BCUT2D eigenvalue weighted by atomic mass is 10.2. The number of benzene rings is 2. The topological polar surface area (TPSA) is 49.9 Å². The van der Waals surface area contributed by atoms with Gasteiger partial charge in [0.2, 0.25) is 10.0 Å². The van der Waals surface area contributed by atoms with Crippen molar-refractivity contribution in [2.45, 2.75) is 18.4 Å². The molecule has 0 bridgehead atoms. The van der Waals surface area contributed by atoms with Crippen LogP contribution in [-0.2, 0) is 16.6 Å². The maximum Gasteiger partial charge on any atom is 0.243 e. The molecular formula is C19H22F2N2O3S. The molecule has 146 valence electrons. The van der Waals surface area contributed by atoms with Crippen molar-refractivity contribution in [2.75, 3.05) is 33.3 Å². The van der Waals surface area contributed by atoms with Gasteiger partial charge in [-0.2, -0.15) is 4.31 Å². The van der Waals surface area contributed by atoms with Gasteiger partial charge in [-0.25, -0.2) is 17.2 Å².